The van der Waals surface area contributed by atoms with E-state index >= 15 is 0 Å². The summed E-state index contributed by atoms with van der Waals surface area (Å²) >= 11 is 0. The molecule has 2 heterocycles. The van der Waals surface area contributed by atoms with E-state index in [2.05, 4.69) is 10.3 Å². The summed E-state index contributed by atoms with van der Waals surface area (Å²) in [6, 6.07) is 6.31. The van der Waals surface area contributed by atoms with Crippen LogP contribution in [0.3, 0.4) is 0 Å². The number of hydrogen-bond acceptors (Lipinski definition) is 3. The quantitative estimate of drug-likeness (QED) is 0.874. The third-order valence-electron chi connectivity index (χ3n) is 4.60. The van der Waals surface area contributed by atoms with Crippen molar-refractivity contribution in [3.8, 4) is 0 Å². The topological polar surface area (TPSA) is 45.2 Å². The molecular formula is C18H24Cl2FN3O. The number of carbonyl (C=O) groups is 1. The number of likely N-dealkylation sites (tertiary alicyclic amines) is 1. The van der Waals surface area contributed by atoms with Gasteiger partial charge in [0.1, 0.15) is 5.82 Å². The van der Waals surface area contributed by atoms with Gasteiger partial charge in [-0.15, -0.1) is 24.8 Å². The van der Waals surface area contributed by atoms with Crippen LogP contribution in [0.2, 0.25) is 0 Å². The monoisotopic (exact) mass is 387 g/mol. The lowest BCUT2D eigenvalue weighted by Gasteiger charge is -2.32. The summed E-state index contributed by atoms with van der Waals surface area (Å²) in [4.78, 5) is 19.1. The third kappa shape index (κ3) is 4.81. The zero-order chi connectivity index (χ0) is 16.4. The van der Waals surface area contributed by atoms with Crippen molar-refractivity contribution in [3.63, 3.8) is 0 Å². The number of benzene rings is 1. The van der Waals surface area contributed by atoms with Crippen LogP contribution in [0.15, 0.2) is 24.3 Å². The highest BCUT2D eigenvalue weighted by Gasteiger charge is 2.24. The minimum Gasteiger partial charge on any atom is -0.339 e. The first-order valence-electron chi connectivity index (χ1n) is 8.09. The Morgan fingerprint density at radius 3 is 2.60 bits per heavy atom. The molecule has 1 aliphatic rings. The van der Waals surface area contributed by atoms with Crippen molar-refractivity contribution in [3.05, 3.63) is 41.3 Å². The standard InChI is InChI=1S/C18H22FN3O.2ClH/c1-12-16(9-14-3-4-15(19)10-17(14)21-12)18(23)22-7-5-13(6-8-22)11-20-2;;/h3-4,9-10,13,20H,5-8,11H2,1-2H3;2*1H. The van der Waals surface area contributed by atoms with Crippen LogP contribution >= 0.6 is 24.8 Å². The molecule has 1 N–H and O–H groups in total. The van der Waals surface area contributed by atoms with E-state index in [0.717, 1.165) is 37.9 Å². The molecule has 0 spiro atoms. The van der Waals surface area contributed by atoms with Crippen LogP contribution < -0.4 is 5.32 Å². The molecule has 1 aromatic carbocycles. The summed E-state index contributed by atoms with van der Waals surface area (Å²) in [6.07, 6.45) is 2.05. The number of halogens is 3. The normalized spacial score (nSPS) is 14.8. The van der Waals surface area contributed by atoms with E-state index in [1.54, 1.807) is 6.07 Å². The van der Waals surface area contributed by atoms with Gasteiger partial charge < -0.3 is 10.2 Å². The molecule has 0 atom stereocenters. The molecule has 1 fully saturated rings. The van der Waals surface area contributed by atoms with E-state index in [1.807, 2.05) is 24.9 Å². The van der Waals surface area contributed by atoms with Crippen LogP contribution in [0.5, 0.6) is 0 Å². The molecule has 1 amide bonds. The number of aryl methyl sites for hydroxylation is 1. The molecule has 4 nitrogen and oxygen atoms in total. The van der Waals surface area contributed by atoms with Crippen molar-refractivity contribution >= 4 is 41.6 Å². The molecule has 1 aliphatic heterocycles. The summed E-state index contributed by atoms with van der Waals surface area (Å²) in [7, 11) is 1.96. The number of carbonyl (C=O) groups excluding carboxylic acids is 1. The lowest BCUT2D eigenvalue weighted by Crippen LogP contribution is -2.40. The number of hydrogen-bond donors (Lipinski definition) is 1. The predicted octanol–water partition coefficient (Wildman–Crippen LogP) is 3.60. The Balaban J connectivity index is 0.00000156. The number of pyridine rings is 1. The lowest BCUT2D eigenvalue weighted by atomic mass is 9.96. The highest BCUT2D eigenvalue weighted by atomic mass is 35.5. The molecule has 0 saturated carbocycles. The van der Waals surface area contributed by atoms with Crippen molar-refractivity contribution < 1.29 is 9.18 Å². The Labute approximate surface area is 160 Å². The molecule has 1 saturated heterocycles. The average molecular weight is 388 g/mol. The van der Waals surface area contributed by atoms with Crippen LogP contribution in [0.4, 0.5) is 4.39 Å². The fraction of sp³-hybridized carbons (Fsp3) is 0.444. The average Bonchev–Trinajstić information content (AvgIpc) is 2.54. The molecule has 7 heteroatoms. The summed E-state index contributed by atoms with van der Waals surface area (Å²) in [6.45, 7) is 4.38. The molecule has 0 aliphatic carbocycles. The zero-order valence-corrected chi connectivity index (χ0v) is 16.1. The van der Waals surface area contributed by atoms with Crippen LogP contribution in [-0.2, 0) is 0 Å². The maximum absolute atomic E-state index is 13.3. The van der Waals surface area contributed by atoms with Gasteiger partial charge in [-0.1, -0.05) is 0 Å². The number of piperidine rings is 1. The second kappa shape index (κ2) is 9.32. The number of aromatic nitrogens is 1. The van der Waals surface area contributed by atoms with Gasteiger partial charge in [0, 0.05) is 24.5 Å². The maximum atomic E-state index is 13.3. The van der Waals surface area contributed by atoms with Gasteiger partial charge in [-0.05, 0) is 57.5 Å². The predicted molar refractivity (Wildman–Crippen MR) is 103 cm³/mol. The first kappa shape index (κ1) is 21.6. The van der Waals surface area contributed by atoms with E-state index < -0.39 is 0 Å². The van der Waals surface area contributed by atoms with E-state index in [1.165, 1.54) is 12.1 Å². The van der Waals surface area contributed by atoms with Crippen LogP contribution in [-0.4, -0.2) is 42.5 Å². The van der Waals surface area contributed by atoms with E-state index in [0.29, 0.717) is 22.7 Å². The summed E-state index contributed by atoms with van der Waals surface area (Å²) in [5, 5.41) is 4.00. The van der Waals surface area contributed by atoms with Gasteiger partial charge >= 0.3 is 0 Å². The minimum atomic E-state index is -0.310. The highest BCUT2D eigenvalue weighted by Crippen LogP contribution is 2.22. The smallest absolute Gasteiger partial charge is 0.255 e. The Morgan fingerprint density at radius 2 is 1.96 bits per heavy atom. The van der Waals surface area contributed by atoms with Crippen molar-refractivity contribution in [2.24, 2.45) is 5.92 Å². The fourth-order valence-electron chi connectivity index (χ4n) is 3.25. The van der Waals surface area contributed by atoms with Crippen molar-refractivity contribution in [2.45, 2.75) is 19.8 Å². The van der Waals surface area contributed by atoms with Gasteiger partial charge in [0.25, 0.3) is 5.91 Å². The van der Waals surface area contributed by atoms with Crippen molar-refractivity contribution in [1.29, 1.82) is 0 Å². The third-order valence-corrected chi connectivity index (χ3v) is 4.60. The summed E-state index contributed by atoms with van der Waals surface area (Å²) in [5.74, 6) is 0.363. The Kier molecular flexibility index (Phi) is 8.06. The van der Waals surface area contributed by atoms with Gasteiger partial charge in [0.15, 0.2) is 0 Å². The zero-order valence-electron chi connectivity index (χ0n) is 14.4. The number of amides is 1. The van der Waals surface area contributed by atoms with Crippen LogP contribution in [0, 0.1) is 18.7 Å². The Morgan fingerprint density at radius 1 is 1.28 bits per heavy atom. The maximum Gasteiger partial charge on any atom is 0.255 e. The molecule has 2 aromatic rings. The fourth-order valence-corrected chi connectivity index (χ4v) is 3.25. The van der Waals surface area contributed by atoms with Gasteiger partial charge in [-0.25, -0.2) is 4.39 Å². The largest absolute Gasteiger partial charge is 0.339 e. The first-order chi connectivity index (χ1) is 11.1. The SMILES string of the molecule is CNCC1CCN(C(=O)c2cc3ccc(F)cc3nc2C)CC1.Cl.Cl. The molecule has 3 rings (SSSR count). The van der Waals surface area contributed by atoms with Gasteiger partial charge in [0.05, 0.1) is 16.8 Å². The van der Waals surface area contributed by atoms with Crippen molar-refractivity contribution in [2.75, 3.05) is 26.7 Å². The second-order valence-corrected chi connectivity index (χ2v) is 6.25. The number of fused-ring (bicyclic) bond motifs is 1. The van der Waals surface area contributed by atoms with E-state index in [9.17, 15) is 9.18 Å². The number of nitrogens with zero attached hydrogens (tertiary/aromatic N) is 2. The molecule has 138 valence electrons. The molecule has 0 bridgehead atoms. The van der Waals surface area contributed by atoms with E-state index in [4.69, 9.17) is 0 Å². The number of rotatable bonds is 3. The Hall–Kier alpha value is -1.43. The van der Waals surface area contributed by atoms with Gasteiger partial charge in [-0.2, -0.15) is 0 Å². The highest BCUT2D eigenvalue weighted by molar-refractivity contribution is 5.98. The molecule has 25 heavy (non-hydrogen) atoms. The minimum absolute atomic E-state index is 0. The second-order valence-electron chi connectivity index (χ2n) is 6.25. The van der Waals surface area contributed by atoms with E-state index in [-0.39, 0.29) is 36.5 Å². The Bertz CT molecular complexity index is 734. The van der Waals surface area contributed by atoms with Crippen LogP contribution in [0.1, 0.15) is 28.9 Å². The first-order valence-corrected chi connectivity index (χ1v) is 8.09. The molecule has 0 unspecified atom stereocenters. The van der Waals surface area contributed by atoms with Gasteiger partial charge in [0.2, 0.25) is 0 Å². The number of nitrogens with one attached hydrogen (secondary N) is 1. The van der Waals surface area contributed by atoms with Gasteiger partial charge in [-0.3, -0.25) is 9.78 Å². The molecule has 0 radical (unpaired) electrons. The molecule has 1 aromatic heterocycles. The summed E-state index contributed by atoms with van der Waals surface area (Å²) < 4.78 is 13.3. The van der Waals surface area contributed by atoms with Crippen molar-refractivity contribution in [1.82, 2.24) is 15.2 Å². The lowest BCUT2D eigenvalue weighted by molar-refractivity contribution is 0.0690. The molecular weight excluding hydrogens is 364 g/mol. The van der Waals surface area contributed by atoms with Crippen LogP contribution in [0.25, 0.3) is 10.9 Å². The summed E-state index contributed by atoms with van der Waals surface area (Å²) in [5.41, 5.74) is 1.87.